The summed E-state index contributed by atoms with van der Waals surface area (Å²) in [6, 6.07) is 0. The van der Waals surface area contributed by atoms with E-state index in [0.29, 0.717) is 5.41 Å². The monoisotopic (exact) mass is 222 g/mol. The SMILES string of the molecule is CC1=C2CC3(CCCC3)COC2(C)OC1=O. The van der Waals surface area contributed by atoms with Gasteiger partial charge in [-0.15, -0.1) is 0 Å². The van der Waals surface area contributed by atoms with Crippen molar-refractivity contribution in [3.63, 3.8) is 0 Å². The molecule has 1 saturated heterocycles. The number of esters is 1. The van der Waals surface area contributed by atoms with Gasteiger partial charge in [0, 0.05) is 18.1 Å². The number of rotatable bonds is 0. The second kappa shape index (κ2) is 3.10. The van der Waals surface area contributed by atoms with Gasteiger partial charge in [-0.3, -0.25) is 0 Å². The molecule has 0 aromatic carbocycles. The van der Waals surface area contributed by atoms with Gasteiger partial charge in [-0.1, -0.05) is 12.8 Å². The molecule has 0 bridgehead atoms. The molecule has 1 spiro atoms. The summed E-state index contributed by atoms with van der Waals surface area (Å²) in [5.41, 5.74) is 2.16. The standard InChI is InChI=1S/C13H18O3/c1-9-10-7-13(5-3-4-6-13)8-15-12(10,2)16-11(9)14/h3-8H2,1-2H3. The lowest BCUT2D eigenvalue weighted by atomic mass is 9.76. The van der Waals surface area contributed by atoms with Crippen LogP contribution in [0, 0.1) is 5.41 Å². The van der Waals surface area contributed by atoms with E-state index in [2.05, 4.69) is 0 Å². The smallest absolute Gasteiger partial charge is 0.336 e. The third-order valence-corrected chi connectivity index (χ3v) is 4.46. The average molecular weight is 222 g/mol. The molecule has 3 heteroatoms. The first-order valence-corrected chi connectivity index (χ1v) is 6.12. The normalized spacial score (nSPS) is 36.8. The molecule has 2 heterocycles. The van der Waals surface area contributed by atoms with Crippen LogP contribution in [-0.4, -0.2) is 18.4 Å². The highest BCUT2D eigenvalue weighted by Crippen LogP contribution is 2.52. The second-order valence-corrected chi connectivity index (χ2v) is 5.61. The molecule has 3 aliphatic rings. The van der Waals surface area contributed by atoms with Crippen molar-refractivity contribution in [3.8, 4) is 0 Å². The molecule has 0 radical (unpaired) electrons. The summed E-state index contributed by atoms with van der Waals surface area (Å²) < 4.78 is 11.2. The first-order valence-electron chi connectivity index (χ1n) is 6.12. The van der Waals surface area contributed by atoms with Gasteiger partial charge in [0.05, 0.1) is 6.61 Å². The summed E-state index contributed by atoms with van der Waals surface area (Å²) in [5.74, 6) is -0.956. The van der Waals surface area contributed by atoms with E-state index >= 15 is 0 Å². The zero-order valence-corrected chi connectivity index (χ0v) is 9.97. The Hall–Kier alpha value is -0.830. The van der Waals surface area contributed by atoms with E-state index in [4.69, 9.17) is 9.47 Å². The number of hydrogen-bond donors (Lipinski definition) is 0. The molecule has 0 amide bonds. The van der Waals surface area contributed by atoms with E-state index < -0.39 is 5.79 Å². The minimum atomic E-state index is -0.755. The summed E-state index contributed by atoms with van der Waals surface area (Å²) >= 11 is 0. The molecule has 3 rings (SSSR count). The predicted molar refractivity (Wildman–Crippen MR) is 58.7 cm³/mol. The molecule has 1 unspecified atom stereocenters. The molecular weight excluding hydrogens is 204 g/mol. The fourth-order valence-corrected chi connectivity index (χ4v) is 3.35. The van der Waals surface area contributed by atoms with Crippen LogP contribution in [0.15, 0.2) is 11.1 Å². The Bertz CT molecular complexity index is 377. The predicted octanol–water partition coefficient (Wildman–Crippen LogP) is 2.56. The van der Waals surface area contributed by atoms with Gasteiger partial charge in [0.2, 0.25) is 5.79 Å². The van der Waals surface area contributed by atoms with Crippen LogP contribution in [0.4, 0.5) is 0 Å². The van der Waals surface area contributed by atoms with E-state index in [1.807, 2.05) is 13.8 Å². The van der Waals surface area contributed by atoms with Crippen LogP contribution in [0.5, 0.6) is 0 Å². The average Bonchev–Trinajstić information content (AvgIpc) is 2.77. The lowest BCUT2D eigenvalue weighted by molar-refractivity contribution is -0.218. The third kappa shape index (κ3) is 1.27. The van der Waals surface area contributed by atoms with Gasteiger partial charge in [0.15, 0.2) is 0 Å². The number of ether oxygens (including phenoxy) is 2. The lowest BCUT2D eigenvalue weighted by Crippen LogP contribution is -2.43. The highest BCUT2D eigenvalue weighted by Gasteiger charge is 2.52. The molecule has 0 N–H and O–H groups in total. The highest BCUT2D eigenvalue weighted by atomic mass is 16.7. The third-order valence-electron chi connectivity index (χ3n) is 4.46. The van der Waals surface area contributed by atoms with Crippen LogP contribution in [0.2, 0.25) is 0 Å². The number of hydrogen-bond acceptors (Lipinski definition) is 3. The van der Waals surface area contributed by atoms with Crippen LogP contribution in [0.1, 0.15) is 46.0 Å². The Morgan fingerprint density at radius 1 is 1.25 bits per heavy atom. The molecule has 1 atom stereocenters. The van der Waals surface area contributed by atoms with Crippen molar-refractivity contribution in [2.45, 2.75) is 51.7 Å². The van der Waals surface area contributed by atoms with E-state index in [-0.39, 0.29) is 5.97 Å². The van der Waals surface area contributed by atoms with E-state index in [1.54, 1.807) is 0 Å². The van der Waals surface area contributed by atoms with E-state index in [0.717, 1.165) is 24.2 Å². The molecular formula is C13H18O3. The van der Waals surface area contributed by atoms with Crippen molar-refractivity contribution < 1.29 is 14.3 Å². The van der Waals surface area contributed by atoms with Crippen LogP contribution < -0.4 is 0 Å². The minimum absolute atomic E-state index is 0.201. The Labute approximate surface area is 95.8 Å². The maximum Gasteiger partial charge on any atom is 0.336 e. The lowest BCUT2D eigenvalue weighted by Gasteiger charge is -2.41. The maximum absolute atomic E-state index is 11.6. The molecule has 3 nitrogen and oxygen atoms in total. The number of fused-ring (bicyclic) bond motifs is 1. The van der Waals surface area contributed by atoms with Crippen molar-refractivity contribution in [1.82, 2.24) is 0 Å². The van der Waals surface area contributed by atoms with E-state index in [9.17, 15) is 4.79 Å². The summed E-state index contributed by atoms with van der Waals surface area (Å²) in [7, 11) is 0. The van der Waals surface area contributed by atoms with Gasteiger partial charge in [-0.25, -0.2) is 4.79 Å². The fourth-order valence-electron chi connectivity index (χ4n) is 3.35. The maximum atomic E-state index is 11.6. The number of carbonyl (C=O) groups excluding carboxylic acids is 1. The van der Waals surface area contributed by atoms with Crippen LogP contribution in [-0.2, 0) is 14.3 Å². The van der Waals surface area contributed by atoms with Crippen LogP contribution >= 0.6 is 0 Å². The van der Waals surface area contributed by atoms with Crippen molar-refractivity contribution in [3.05, 3.63) is 11.1 Å². The largest absolute Gasteiger partial charge is 0.426 e. The second-order valence-electron chi connectivity index (χ2n) is 5.61. The molecule has 2 aliphatic heterocycles. The van der Waals surface area contributed by atoms with Gasteiger partial charge in [-0.05, 0) is 31.6 Å². The summed E-state index contributed by atoms with van der Waals surface area (Å²) in [4.78, 5) is 11.6. The molecule has 0 aromatic heterocycles. The first-order chi connectivity index (χ1) is 7.55. The van der Waals surface area contributed by atoms with Gasteiger partial charge in [0.25, 0.3) is 0 Å². The molecule has 0 aromatic rings. The minimum Gasteiger partial charge on any atom is -0.426 e. The van der Waals surface area contributed by atoms with Crippen molar-refractivity contribution >= 4 is 5.97 Å². The quantitative estimate of drug-likeness (QED) is 0.591. The van der Waals surface area contributed by atoms with Crippen LogP contribution in [0.3, 0.4) is 0 Å². The Morgan fingerprint density at radius 3 is 2.62 bits per heavy atom. The Morgan fingerprint density at radius 2 is 1.94 bits per heavy atom. The molecule has 1 saturated carbocycles. The van der Waals surface area contributed by atoms with Gasteiger partial charge in [0.1, 0.15) is 0 Å². The van der Waals surface area contributed by atoms with Crippen molar-refractivity contribution in [2.75, 3.05) is 6.61 Å². The fraction of sp³-hybridized carbons (Fsp3) is 0.769. The summed E-state index contributed by atoms with van der Waals surface area (Å²) in [6.45, 7) is 4.48. The highest BCUT2D eigenvalue weighted by molar-refractivity contribution is 5.92. The first kappa shape index (κ1) is 10.3. The summed E-state index contributed by atoms with van der Waals surface area (Å²) in [5, 5.41) is 0. The topological polar surface area (TPSA) is 35.5 Å². The van der Waals surface area contributed by atoms with Gasteiger partial charge < -0.3 is 9.47 Å². The van der Waals surface area contributed by atoms with Crippen LogP contribution in [0.25, 0.3) is 0 Å². The Balaban J connectivity index is 1.95. The van der Waals surface area contributed by atoms with Crippen molar-refractivity contribution in [2.24, 2.45) is 5.41 Å². The zero-order valence-electron chi connectivity index (χ0n) is 9.97. The van der Waals surface area contributed by atoms with Gasteiger partial charge >= 0.3 is 5.97 Å². The Kier molecular flexibility index (Phi) is 2.00. The zero-order chi connectivity index (χ0) is 11.4. The van der Waals surface area contributed by atoms with Gasteiger partial charge in [-0.2, -0.15) is 0 Å². The van der Waals surface area contributed by atoms with E-state index in [1.165, 1.54) is 25.7 Å². The summed E-state index contributed by atoms with van der Waals surface area (Å²) in [6.07, 6.45) is 6.03. The molecule has 2 fully saturated rings. The molecule has 1 aliphatic carbocycles. The molecule has 88 valence electrons. The molecule has 16 heavy (non-hydrogen) atoms. The van der Waals surface area contributed by atoms with Crippen molar-refractivity contribution in [1.29, 1.82) is 0 Å². The number of carbonyl (C=O) groups is 1.